The second-order valence-corrected chi connectivity index (χ2v) is 2.89. The van der Waals surface area contributed by atoms with Gasteiger partial charge in [-0.3, -0.25) is 0 Å². The second-order valence-electron chi connectivity index (χ2n) is 2.89. The molecule has 0 aromatic heterocycles. The first kappa shape index (κ1) is 7.86. The highest BCUT2D eigenvalue weighted by Gasteiger charge is 2.14. The maximum Gasteiger partial charge on any atom is 0.125 e. The van der Waals surface area contributed by atoms with Gasteiger partial charge < -0.3 is 5.11 Å². The lowest BCUT2D eigenvalue weighted by molar-refractivity contribution is 0.474. The molecule has 0 amide bonds. The lowest BCUT2D eigenvalue weighted by Gasteiger charge is -2.02. The van der Waals surface area contributed by atoms with Gasteiger partial charge >= 0.3 is 0 Å². The van der Waals surface area contributed by atoms with E-state index in [4.69, 9.17) is 0 Å². The molecule has 3 heteroatoms. The first-order chi connectivity index (χ1) is 6.29. The molecule has 0 fully saturated rings. The van der Waals surface area contributed by atoms with E-state index >= 15 is 0 Å². The van der Waals surface area contributed by atoms with Crippen LogP contribution in [0.1, 0.15) is 12.5 Å². The van der Waals surface area contributed by atoms with Gasteiger partial charge in [-0.1, -0.05) is 12.1 Å². The van der Waals surface area contributed by atoms with Gasteiger partial charge in [0, 0.05) is 5.56 Å². The van der Waals surface area contributed by atoms with E-state index in [-0.39, 0.29) is 5.75 Å². The molecular weight excluding hydrogens is 164 g/mol. The number of nitrogens with zero attached hydrogens (tertiary/aromatic N) is 2. The predicted octanol–water partition coefficient (Wildman–Crippen LogP) is 1.62. The number of allylic oxidation sites excluding steroid dienone is 1. The van der Waals surface area contributed by atoms with Crippen LogP contribution in [0.2, 0.25) is 0 Å². The molecule has 1 N–H and O–H groups in total. The third-order valence-corrected chi connectivity index (χ3v) is 1.94. The zero-order valence-corrected chi connectivity index (χ0v) is 7.23. The van der Waals surface area contributed by atoms with E-state index in [1.807, 2.05) is 19.1 Å². The molecule has 1 heterocycles. The molecule has 0 spiro atoms. The molecule has 1 radical (unpaired) electrons. The Labute approximate surface area is 76.4 Å². The SMILES string of the molecule is CC1=C[N]N=C1c1ccccc1O. The molecule has 0 aliphatic carbocycles. The van der Waals surface area contributed by atoms with Crippen LogP contribution < -0.4 is 5.43 Å². The third kappa shape index (κ3) is 1.28. The number of hydrogen-bond donors (Lipinski definition) is 1. The number of rotatable bonds is 1. The molecule has 1 aromatic carbocycles. The molecule has 0 atom stereocenters. The summed E-state index contributed by atoms with van der Waals surface area (Å²) in [7, 11) is 0. The molecule has 1 aromatic rings. The number of para-hydroxylation sites is 1. The minimum Gasteiger partial charge on any atom is -0.507 e. The molecular formula is C10H9N2O. The zero-order valence-electron chi connectivity index (χ0n) is 7.23. The van der Waals surface area contributed by atoms with E-state index in [0.717, 1.165) is 16.8 Å². The van der Waals surface area contributed by atoms with E-state index in [0.29, 0.717) is 0 Å². The van der Waals surface area contributed by atoms with Crippen molar-refractivity contribution in [2.24, 2.45) is 5.10 Å². The summed E-state index contributed by atoms with van der Waals surface area (Å²) in [6, 6.07) is 7.11. The summed E-state index contributed by atoms with van der Waals surface area (Å²) < 4.78 is 0. The molecule has 65 valence electrons. The lowest BCUT2D eigenvalue weighted by Crippen LogP contribution is -1.99. The van der Waals surface area contributed by atoms with E-state index in [9.17, 15) is 5.11 Å². The first-order valence-corrected chi connectivity index (χ1v) is 4.02. The zero-order chi connectivity index (χ0) is 9.26. The Hall–Kier alpha value is -1.77. The topological polar surface area (TPSA) is 46.7 Å². The van der Waals surface area contributed by atoms with Gasteiger partial charge in [0.1, 0.15) is 11.5 Å². The fraction of sp³-hybridized carbons (Fsp3) is 0.100. The van der Waals surface area contributed by atoms with E-state index in [2.05, 4.69) is 10.5 Å². The fourth-order valence-electron chi connectivity index (χ4n) is 1.25. The van der Waals surface area contributed by atoms with E-state index in [1.54, 1.807) is 18.3 Å². The molecule has 3 nitrogen and oxygen atoms in total. The van der Waals surface area contributed by atoms with Crippen LogP contribution in [0.25, 0.3) is 0 Å². The number of phenolic OH excluding ortho intramolecular Hbond substituents is 1. The average molecular weight is 173 g/mol. The summed E-state index contributed by atoms with van der Waals surface area (Å²) in [5.41, 5.74) is 6.23. The Balaban J connectivity index is 2.47. The molecule has 0 unspecified atom stereocenters. The highest BCUT2D eigenvalue weighted by Crippen LogP contribution is 2.21. The molecule has 1 aliphatic heterocycles. The van der Waals surface area contributed by atoms with Crippen LogP contribution >= 0.6 is 0 Å². The van der Waals surface area contributed by atoms with Gasteiger partial charge in [0.25, 0.3) is 0 Å². The normalized spacial score (nSPS) is 14.8. The molecule has 1 aliphatic rings. The van der Waals surface area contributed by atoms with Crippen LogP contribution in [0, 0.1) is 0 Å². The van der Waals surface area contributed by atoms with Gasteiger partial charge in [-0.05, 0) is 24.6 Å². The standard InChI is InChI=1S/C10H9N2O/c1-7-6-11-12-10(7)8-4-2-3-5-9(8)13/h2-6,13H,1H3. The van der Waals surface area contributed by atoms with Crippen LogP contribution in [0.3, 0.4) is 0 Å². The maximum atomic E-state index is 9.54. The lowest BCUT2D eigenvalue weighted by atomic mass is 10.0. The van der Waals surface area contributed by atoms with Crippen molar-refractivity contribution < 1.29 is 5.11 Å². The quantitative estimate of drug-likeness (QED) is 0.689. The van der Waals surface area contributed by atoms with E-state index in [1.165, 1.54) is 0 Å². The highest BCUT2D eigenvalue weighted by molar-refractivity contribution is 6.14. The largest absolute Gasteiger partial charge is 0.507 e. The van der Waals surface area contributed by atoms with Crippen molar-refractivity contribution in [1.82, 2.24) is 5.43 Å². The molecule has 0 saturated heterocycles. The number of hydrogen-bond acceptors (Lipinski definition) is 2. The number of aromatic hydroxyl groups is 1. The second kappa shape index (κ2) is 2.94. The predicted molar refractivity (Wildman–Crippen MR) is 50.5 cm³/mol. The van der Waals surface area contributed by atoms with Crippen molar-refractivity contribution >= 4 is 5.71 Å². The summed E-state index contributed by atoms with van der Waals surface area (Å²) in [6.07, 6.45) is 1.68. The summed E-state index contributed by atoms with van der Waals surface area (Å²) >= 11 is 0. The van der Waals surface area contributed by atoms with Crippen molar-refractivity contribution in [3.63, 3.8) is 0 Å². The van der Waals surface area contributed by atoms with Crippen LogP contribution in [0.4, 0.5) is 0 Å². The molecule has 13 heavy (non-hydrogen) atoms. The number of benzene rings is 1. The average Bonchev–Trinajstić information content (AvgIpc) is 2.52. The summed E-state index contributed by atoms with van der Waals surface area (Å²) in [5, 5.41) is 13.5. The first-order valence-electron chi connectivity index (χ1n) is 4.02. The van der Waals surface area contributed by atoms with Crippen molar-refractivity contribution in [1.29, 1.82) is 0 Å². The van der Waals surface area contributed by atoms with Gasteiger partial charge in [0.2, 0.25) is 0 Å². The van der Waals surface area contributed by atoms with Crippen LogP contribution in [0.15, 0.2) is 41.1 Å². The van der Waals surface area contributed by atoms with Gasteiger partial charge in [0.15, 0.2) is 0 Å². The Morgan fingerprint density at radius 2 is 2.00 bits per heavy atom. The van der Waals surface area contributed by atoms with Crippen molar-refractivity contribution in [2.75, 3.05) is 0 Å². The summed E-state index contributed by atoms with van der Waals surface area (Å²) in [5.74, 6) is 0.242. The third-order valence-electron chi connectivity index (χ3n) is 1.94. The van der Waals surface area contributed by atoms with Crippen LogP contribution in [0.5, 0.6) is 5.75 Å². The highest BCUT2D eigenvalue weighted by atomic mass is 16.3. The van der Waals surface area contributed by atoms with Crippen molar-refractivity contribution in [3.05, 3.63) is 41.6 Å². The van der Waals surface area contributed by atoms with Gasteiger partial charge in [-0.15, -0.1) is 0 Å². The molecule has 2 rings (SSSR count). The Bertz CT molecular complexity index is 394. The summed E-state index contributed by atoms with van der Waals surface area (Å²) in [6.45, 7) is 1.92. The van der Waals surface area contributed by atoms with Gasteiger partial charge in [-0.2, -0.15) is 10.5 Å². The molecule has 0 saturated carbocycles. The van der Waals surface area contributed by atoms with Crippen LogP contribution in [-0.4, -0.2) is 10.8 Å². The fourth-order valence-corrected chi connectivity index (χ4v) is 1.25. The summed E-state index contributed by atoms with van der Waals surface area (Å²) in [4.78, 5) is 0. The molecule has 0 bridgehead atoms. The van der Waals surface area contributed by atoms with Crippen molar-refractivity contribution in [2.45, 2.75) is 6.92 Å². The Morgan fingerprint density at radius 1 is 1.23 bits per heavy atom. The van der Waals surface area contributed by atoms with Gasteiger partial charge in [-0.25, -0.2) is 0 Å². The minimum atomic E-state index is 0.242. The number of phenols is 1. The van der Waals surface area contributed by atoms with Crippen molar-refractivity contribution in [3.8, 4) is 5.75 Å². The minimum absolute atomic E-state index is 0.242. The smallest absolute Gasteiger partial charge is 0.125 e. The van der Waals surface area contributed by atoms with Crippen LogP contribution in [-0.2, 0) is 0 Å². The Morgan fingerprint density at radius 3 is 2.62 bits per heavy atom. The van der Waals surface area contributed by atoms with Gasteiger partial charge in [0.05, 0.1) is 6.20 Å². The monoisotopic (exact) mass is 173 g/mol. The van der Waals surface area contributed by atoms with E-state index < -0.39 is 0 Å². The maximum absolute atomic E-state index is 9.54. The Kier molecular flexibility index (Phi) is 1.77.